The van der Waals surface area contributed by atoms with E-state index in [4.69, 9.17) is 5.26 Å². The van der Waals surface area contributed by atoms with Crippen LogP contribution in [0.4, 0.5) is 4.79 Å². The van der Waals surface area contributed by atoms with E-state index in [-0.39, 0.29) is 18.5 Å². The number of imide groups is 1. The molecular weight excluding hydrogens is 268 g/mol. The van der Waals surface area contributed by atoms with E-state index in [9.17, 15) is 9.59 Å². The second kappa shape index (κ2) is 8.02. The lowest BCUT2D eigenvalue weighted by atomic mass is 10.1. The largest absolute Gasteiger partial charge is 0.336 e. The molecule has 0 aromatic heterocycles. The summed E-state index contributed by atoms with van der Waals surface area (Å²) in [6.45, 7) is 4.26. The molecule has 3 amide bonds. The number of urea groups is 1. The second-order valence-electron chi connectivity index (χ2n) is 5.16. The minimum absolute atomic E-state index is 0.0238. The standard InChI is InChI=1S/C15H20N4O2/c1-11(2)17-15(21)18-14(20)10-19(3)9-13-6-4-5-12(7-13)8-16/h4-7,11H,9-10H2,1-3H3,(H2,17,18,20,21). The number of carbonyl (C=O) groups is 2. The van der Waals surface area contributed by atoms with E-state index in [2.05, 4.69) is 16.7 Å². The summed E-state index contributed by atoms with van der Waals surface area (Å²) < 4.78 is 0. The Morgan fingerprint density at radius 1 is 1.38 bits per heavy atom. The summed E-state index contributed by atoms with van der Waals surface area (Å²) >= 11 is 0. The summed E-state index contributed by atoms with van der Waals surface area (Å²) in [5, 5.41) is 13.7. The smallest absolute Gasteiger partial charge is 0.321 e. The Hall–Kier alpha value is -2.39. The maximum atomic E-state index is 11.7. The fourth-order valence-electron chi connectivity index (χ4n) is 1.82. The van der Waals surface area contributed by atoms with Crippen molar-refractivity contribution < 1.29 is 9.59 Å². The zero-order chi connectivity index (χ0) is 15.8. The van der Waals surface area contributed by atoms with Gasteiger partial charge in [-0.2, -0.15) is 5.26 Å². The molecule has 0 aliphatic rings. The first kappa shape index (κ1) is 16.7. The average Bonchev–Trinajstić information content (AvgIpc) is 2.37. The van der Waals surface area contributed by atoms with Crippen LogP contribution in [0.5, 0.6) is 0 Å². The molecule has 6 heteroatoms. The Labute approximate surface area is 124 Å². The highest BCUT2D eigenvalue weighted by atomic mass is 16.2. The van der Waals surface area contributed by atoms with Gasteiger partial charge in [0.25, 0.3) is 0 Å². The molecule has 1 aromatic rings. The molecule has 0 heterocycles. The van der Waals surface area contributed by atoms with Gasteiger partial charge in [0.2, 0.25) is 5.91 Å². The summed E-state index contributed by atoms with van der Waals surface area (Å²) in [5.74, 6) is -0.368. The van der Waals surface area contributed by atoms with Gasteiger partial charge in [-0.3, -0.25) is 15.0 Å². The Kier molecular flexibility index (Phi) is 6.37. The number of nitriles is 1. The highest BCUT2D eigenvalue weighted by molar-refractivity contribution is 5.95. The lowest BCUT2D eigenvalue weighted by Gasteiger charge is -2.16. The van der Waals surface area contributed by atoms with Crippen LogP contribution >= 0.6 is 0 Å². The van der Waals surface area contributed by atoms with Gasteiger partial charge in [0.15, 0.2) is 0 Å². The highest BCUT2D eigenvalue weighted by Gasteiger charge is 2.11. The van der Waals surface area contributed by atoms with Crippen LogP contribution in [0.15, 0.2) is 24.3 Å². The first-order valence-corrected chi connectivity index (χ1v) is 6.68. The monoisotopic (exact) mass is 288 g/mol. The number of rotatable bonds is 5. The van der Waals surface area contributed by atoms with Crippen molar-refractivity contribution in [1.82, 2.24) is 15.5 Å². The van der Waals surface area contributed by atoms with Crippen LogP contribution in [0.1, 0.15) is 25.0 Å². The number of hydrogen-bond donors (Lipinski definition) is 2. The molecule has 0 atom stereocenters. The zero-order valence-corrected chi connectivity index (χ0v) is 12.5. The van der Waals surface area contributed by atoms with Crippen molar-refractivity contribution in [3.63, 3.8) is 0 Å². The molecule has 0 saturated carbocycles. The Balaban J connectivity index is 2.46. The second-order valence-corrected chi connectivity index (χ2v) is 5.16. The topological polar surface area (TPSA) is 85.2 Å². The van der Waals surface area contributed by atoms with E-state index in [1.165, 1.54) is 0 Å². The number of nitrogens with zero attached hydrogens (tertiary/aromatic N) is 2. The molecule has 0 saturated heterocycles. The van der Waals surface area contributed by atoms with Crippen molar-refractivity contribution in [2.45, 2.75) is 26.4 Å². The number of likely N-dealkylation sites (N-methyl/N-ethyl adjacent to an activating group) is 1. The third-order valence-electron chi connectivity index (χ3n) is 2.59. The molecule has 0 unspecified atom stereocenters. The summed E-state index contributed by atoms with van der Waals surface area (Å²) in [6, 6.07) is 8.76. The fraction of sp³-hybridized carbons (Fsp3) is 0.400. The quantitative estimate of drug-likeness (QED) is 0.853. The number of amides is 3. The van der Waals surface area contributed by atoms with Gasteiger partial charge in [0.1, 0.15) is 0 Å². The lowest BCUT2D eigenvalue weighted by Crippen LogP contribution is -2.45. The van der Waals surface area contributed by atoms with Crippen LogP contribution in [0.25, 0.3) is 0 Å². The van der Waals surface area contributed by atoms with Gasteiger partial charge in [-0.25, -0.2) is 4.79 Å². The number of nitrogens with one attached hydrogen (secondary N) is 2. The zero-order valence-electron chi connectivity index (χ0n) is 12.5. The fourth-order valence-corrected chi connectivity index (χ4v) is 1.82. The van der Waals surface area contributed by atoms with Gasteiger partial charge < -0.3 is 5.32 Å². The highest BCUT2D eigenvalue weighted by Crippen LogP contribution is 2.06. The minimum Gasteiger partial charge on any atom is -0.336 e. The van der Waals surface area contributed by atoms with Crippen molar-refractivity contribution in [2.24, 2.45) is 0 Å². The predicted octanol–water partition coefficient (Wildman–Crippen LogP) is 1.22. The van der Waals surface area contributed by atoms with Crippen LogP contribution in [-0.2, 0) is 11.3 Å². The van der Waals surface area contributed by atoms with Crippen LogP contribution in [0.2, 0.25) is 0 Å². The first-order valence-electron chi connectivity index (χ1n) is 6.68. The summed E-state index contributed by atoms with van der Waals surface area (Å²) in [6.07, 6.45) is 0. The first-order chi connectivity index (χ1) is 9.90. The summed E-state index contributed by atoms with van der Waals surface area (Å²) in [4.78, 5) is 24.9. The molecule has 0 spiro atoms. The van der Waals surface area contributed by atoms with E-state index >= 15 is 0 Å². The molecule has 21 heavy (non-hydrogen) atoms. The molecule has 1 rings (SSSR count). The molecule has 6 nitrogen and oxygen atoms in total. The third kappa shape index (κ3) is 6.54. The van der Waals surface area contributed by atoms with Gasteiger partial charge in [0.05, 0.1) is 18.2 Å². The van der Waals surface area contributed by atoms with Gasteiger partial charge in [-0.15, -0.1) is 0 Å². The van der Waals surface area contributed by atoms with E-state index in [1.807, 2.05) is 19.9 Å². The lowest BCUT2D eigenvalue weighted by molar-refractivity contribution is -0.120. The number of hydrogen-bond acceptors (Lipinski definition) is 4. The van der Waals surface area contributed by atoms with Crippen molar-refractivity contribution in [3.8, 4) is 6.07 Å². The minimum atomic E-state index is -0.491. The van der Waals surface area contributed by atoms with Crippen molar-refractivity contribution >= 4 is 11.9 Å². The molecule has 0 bridgehead atoms. The van der Waals surface area contributed by atoms with E-state index in [0.717, 1.165) is 5.56 Å². The maximum absolute atomic E-state index is 11.7. The van der Waals surface area contributed by atoms with Gasteiger partial charge in [-0.05, 0) is 38.6 Å². The molecule has 2 N–H and O–H groups in total. The third-order valence-corrected chi connectivity index (χ3v) is 2.59. The Bertz CT molecular complexity index is 549. The SMILES string of the molecule is CC(C)NC(=O)NC(=O)CN(C)Cc1cccc(C#N)c1. The Morgan fingerprint density at radius 3 is 2.71 bits per heavy atom. The Morgan fingerprint density at radius 2 is 2.10 bits per heavy atom. The van der Waals surface area contributed by atoms with Gasteiger partial charge >= 0.3 is 6.03 Å². The molecule has 0 radical (unpaired) electrons. The molecule has 112 valence electrons. The molecule has 0 fully saturated rings. The summed E-state index contributed by atoms with van der Waals surface area (Å²) in [5.41, 5.74) is 1.53. The summed E-state index contributed by atoms with van der Waals surface area (Å²) in [7, 11) is 1.78. The average molecular weight is 288 g/mol. The predicted molar refractivity (Wildman–Crippen MR) is 79.3 cm³/mol. The van der Waals surface area contributed by atoms with Crippen molar-refractivity contribution in [3.05, 3.63) is 35.4 Å². The molecule has 0 aliphatic carbocycles. The van der Waals surface area contributed by atoms with Crippen LogP contribution in [0.3, 0.4) is 0 Å². The van der Waals surface area contributed by atoms with Crippen molar-refractivity contribution in [2.75, 3.05) is 13.6 Å². The van der Waals surface area contributed by atoms with Crippen LogP contribution in [0, 0.1) is 11.3 Å². The normalized spacial score (nSPS) is 10.3. The van der Waals surface area contributed by atoms with E-state index in [1.54, 1.807) is 30.1 Å². The van der Waals surface area contributed by atoms with Crippen LogP contribution < -0.4 is 10.6 Å². The van der Waals surface area contributed by atoms with Crippen molar-refractivity contribution in [1.29, 1.82) is 5.26 Å². The molecule has 1 aromatic carbocycles. The van der Waals surface area contributed by atoms with Gasteiger partial charge in [-0.1, -0.05) is 12.1 Å². The molecule has 0 aliphatic heterocycles. The van der Waals surface area contributed by atoms with E-state index in [0.29, 0.717) is 12.1 Å². The number of benzene rings is 1. The maximum Gasteiger partial charge on any atom is 0.321 e. The van der Waals surface area contributed by atoms with E-state index < -0.39 is 6.03 Å². The van der Waals surface area contributed by atoms with Gasteiger partial charge in [0, 0.05) is 12.6 Å². The number of carbonyl (C=O) groups excluding carboxylic acids is 2. The molecular formula is C15H20N4O2. The van der Waals surface area contributed by atoms with Crippen LogP contribution in [-0.4, -0.2) is 36.5 Å².